The lowest BCUT2D eigenvalue weighted by molar-refractivity contribution is 0.172. The fourth-order valence-corrected chi connectivity index (χ4v) is 1.91. The minimum absolute atomic E-state index is 0.394. The van der Waals surface area contributed by atoms with Crippen molar-refractivity contribution in [3.05, 3.63) is 35.3 Å². The molecule has 1 aliphatic rings. The molecule has 0 radical (unpaired) electrons. The van der Waals surface area contributed by atoms with Crippen molar-refractivity contribution in [3.63, 3.8) is 0 Å². The first-order chi connectivity index (χ1) is 7.53. The number of hydrogen-bond donors (Lipinski definition) is 0. The third-order valence-electron chi connectivity index (χ3n) is 2.51. The second kappa shape index (κ2) is 4.11. The summed E-state index contributed by atoms with van der Waals surface area (Å²) in [6.45, 7) is 5.89. The van der Waals surface area contributed by atoms with Crippen molar-refractivity contribution in [3.8, 4) is 0 Å². The molecule has 0 aromatic carbocycles. The number of aromatic nitrogens is 1. The van der Waals surface area contributed by atoms with Crippen molar-refractivity contribution >= 4 is 24.2 Å². The highest BCUT2D eigenvalue weighted by Crippen LogP contribution is 2.30. The lowest BCUT2D eigenvalue weighted by atomic mass is 9.80. The predicted octanol–water partition coefficient (Wildman–Crippen LogP) is 2.16. The van der Waals surface area contributed by atoms with Crippen LogP contribution in [0, 0.1) is 0 Å². The molecule has 0 atom stereocenters. The largest absolute Gasteiger partial charge is 0.563 e. The van der Waals surface area contributed by atoms with Gasteiger partial charge < -0.3 is 9.31 Å². The first-order valence-electron chi connectivity index (χ1n) is 5.15. The maximum absolute atomic E-state index is 5.83. The molecule has 0 N–H and O–H groups in total. The van der Waals surface area contributed by atoms with Gasteiger partial charge in [0, 0.05) is 11.7 Å². The van der Waals surface area contributed by atoms with E-state index in [1.807, 2.05) is 32.9 Å². The van der Waals surface area contributed by atoms with Crippen molar-refractivity contribution in [2.75, 3.05) is 0 Å². The van der Waals surface area contributed by atoms with Crippen LogP contribution in [0.5, 0.6) is 0 Å². The van der Waals surface area contributed by atoms with Crippen molar-refractivity contribution in [2.45, 2.75) is 26.4 Å². The molecule has 1 fully saturated rings. The molecule has 5 heteroatoms. The Kier molecular flexibility index (Phi) is 2.95. The van der Waals surface area contributed by atoms with Crippen LogP contribution in [0.15, 0.2) is 30.2 Å². The highest BCUT2D eigenvalue weighted by Gasteiger charge is 2.43. The fourth-order valence-electron chi connectivity index (χ4n) is 1.72. The minimum atomic E-state index is -0.401. The molecule has 16 heavy (non-hydrogen) atoms. The maximum atomic E-state index is 5.83. The fraction of sp³-hybridized carbons (Fsp3) is 0.364. The first kappa shape index (κ1) is 11.5. The molecule has 1 aromatic heterocycles. The molecule has 2 heterocycles. The van der Waals surface area contributed by atoms with E-state index < -0.39 is 12.7 Å². The van der Waals surface area contributed by atoms with Gasteiger partial charge in [0.05, 0.1) is 0 Å². The third kappa shape index (κ3) is 2.08. The Hall–Kier alpha value is -0.995. The molecule has 0 aliphatic carbocycles. The first-order valence-corrected chi connectivity index (χ1v) is 5.53. The van der Waals surface area contributed by atoms with Crippen molar-refractivity contribution in [2.24, 2.45) is 0 Å². The van der Waals surface area contributed by atoms with Crippen LogP contribution in [0.25, 0.3) is 0 Å². The van der Waals surface area contributed by atoms with Gasteiger partial charge in [-0.25, -0.2) is 4.98 Å². The number of halogens is 1. The Balaban J connectivity index is 2.27. The lowest BCUT2D eigenvalue weighted by Crippen LogP contribution is -2.34. The summed E-state index contributed by atoms with van der Waals surface area (Å²) in [4.78, 5) is 3.93. The van der Waals surface area contributed by atoms with Gasteiger partial charge in [0.2, 0.25) is 0 Å². The van der Waals surface area contributed by atoms with E-state index in [0.717, 1.165) is 11.2 Å². The number of hydrogen-bond acceptors (Lipinski definition) is 3. The third-order valence-corrected chi connectivity index (χ3v) is 2.72. The second-order valence-electron chi connectivity index (χ2n) is 4.14. The van der Waals surface area contributed by atoms with E-state index in [1.165, 1.54) is 0 Å². The molecular formula is C11H13BClNO2. The maximum Gasteiger partial charge on any atom is 0.563 e. The van der Waals surface area contributed by atoms with Gasteiger partial charge in [-0.1, -0.05) is 11.6 Å². The number of allylic oxidation sites excluding steroid dienone is 1. The van der Waals surface area contributed by atoms with Crippen molar-refractivity contribution in [1.82, 2.24) is 4.98 Å². The van der Waals surface area contributed by atoms with Crippen LogP contribution in [0.1, 0.15) is 20.8 Å². The van der Waals surface area contributed by atoms with E-state index in [2.05, 4.69) is 4.98 Å². The normalized spacial score (nSPS) is 21.2. The van der Waals surface area contributed by atoms with E-state index in [1.54, 1.807) is 12.3 Å². The van der Waals surface area contributed by atoms with Gasteiger partial charge in [-0.2, -0.15) is 0 Å². The average molecular weight is 237 g/mol. The molecule has 0 bridgehead atoms. The zero-order chi connectivity index (χ0) is 11.8. The minimum Gasteiger partial charge on any atom is -0.534 e. The summed E-state index contributed by atoms with van der Waals surface area (Å²) in [5, 5.41) is 0.441. The molecule has 0 amide bonds. The quantitative estimate of drug-likeness (QED) is 0.554. The Bertz CT molecular complexity index is 434. The molecule has 0 saturated carbocycles. The van der Waals surface area contributed by atoms with Crippen LogP contribution in [-0.4, -0.2) is 17.7 Å². The molecule has 1 aromatic rings. The van der Waals surface area contributed by atoms with Crippen LogP contribution in [0.4, 0.5) is 0 Å². The zero-order valence-electron chi connectivity index (χ0n) is 9.53. The predicted molar refractivity (Wildman–Crippen MR) is 64.6 cm³/mol. The molecule has 3 nitrogen and oxygen atoms in total. The molecular weight excluding hydrogens is 224 g/mol. The van der Waals surface area contributed by atoms with E-state index in [4.69, 9.17) is 20.9 Å². The number of nitrogens with zero attached hydrogens (tertiary/aromatic N) is 1. The number of pyridine rings is 1. The molecule has 0 unspecified atom stereocenters. The van der Waals surface area contributed by atoms with Crippen molar-refractivity contribution < 1.29 is 9.31 Å². The molecule has 0 spiro atoms. The average Bonchev–Trinajstić information content (AvgIpc) is 2.53. The lowest BCUT2D eigenvalue weighted by Gasteiger charge is -2.16. The van der Waals surface area contributed by atoms with E-state index in [-0.39, 0.29) is 0 Å². The highest BCUT2D eigenvalue weighted by atomic mass is 35.5. The van der Waals surface area contributed by atoms with Crippen LogP contribution in [-0.2, 0) is 9.31 Å². The molecule has 84 valence electrons. The van der Waals surface area contributed by atoms with Gasteiger partial charge in [-0.3, -0.25) is 0 Å². The second-order valence-corrected chi connectivity index (χ2v) is 4.53. The molecule has 2 rings (SSSR count). The van der Waals surface area contributed by atoms with E-state index >= 15 is 0 Å². The topological polar surface area (TPSA) is 31.4 Å². The van der Waals surface area contributed by atoms with Crippen LogP contribution < -0.4 is 5.46 Å². The van der Waals surface area contributed by atoms with Gasteiger partial charge in [-0.05, 0) is 39.0 Å². The van der Waals surface area contributed by atoms with E-state index in [0.29, 0.717) is 5.15 Å². The SMILES string of the molecule is C/C=C1/OB(c2ccnc(Cl)c2)OC1(C)C. The smallest absolute Gasteiger partial charge is 0.534 e. The summed E-state index contributed by atoms with van der Waals surface area (Å²) in [7, 11) is -0.401. The molecule has 1 saturated heterocycles. The Morgan fingerprint density at radius 2 is 2.25 bits per heavy atom. The Morgan fingerprint density at radius 1 is 1.50 bits per heavy atom. The Morgan fingerprint density at radius 3 is 2.81 bits per heavy atom. The van der Waals surface area contributed by atoms with Gasteiger partial charge >= 0.3 is 7.12 Å². The van der Waals surface area contributed by atoms with Crippen LogP contribution in [0.2, 0.25) is 5.15 Å². The van der Waals surface area contributed by atoms with Crippen LogP contribution in [0.3, 0.4) is 0 Å². The summed E-state index contributed by atoms with van der Waals surface area (Å²) in [6.07, 6.45) is 3.56. The van der Waals surface area contributed by atoms with Gasteiger partial charge in [0.25, 0.3) is 0 Å². The Labute approximate surface area is 101 Å². The van der Waals surface area contributed by atoms with Gasteiger partial charge in [-0.15, -0.1) is 0 Å². The van der Waals surface area contributed by atoms with Gasteiger partial charge in [0.15, 0.2) is 0 Å². The summed E-state index contributed by atoms with van der Waals surface area (Å²) in [5.74, 6) is 0.838. The zero-order valence-corrected chi connectivity index (χ0v) is 10.3. The standard InChI is InChI=1S/C11H13BClNO2/c1-4-9-11(2,3)16-12(15-9)8-5-6-14-10(13)7-8/h4-7H,1-3H3/b9-4+. The summed E-state index contributed by atoms with van der Waals surface area (Å²) >= 11 is 5.83. The summed E-state index contributed by atoms with van der Waals surface area (Å²) in [6, 6.07) is 3.59. The van der Waals surface area contributed by atoms with Crippen molar-refractivity contribution in [1.29, 1.82) is 0 Å². The number of rotatable bonds is 1. The highest BCUT2D eigenvalue weighted by molar-refractivity contribution is 6.62. The molecule has 1 aliphatic heterocycles. The van der Waals surface area contributed by atoms with E-state index in [9.17, 15) is 0 Å². The summed E-state index contributed by atoms with van der Waals surface area (Å²) in [5.41, 5.74) is 0.486. The monoisotopic (exact) mass is 237 g/mol. The summed E-state index contributed by atoms with van der Waals surface area (Å²) < 4.78 is 11.5. The van der Waals surface area contributed by atoms with Gasteiger partial charge in [0.1, 0.15) is 16.5 Å². The van der Waals surface area contributed by atoms with Crippen LogP contribution >= 0.6 is 11.6 Å².